The summed E-state index contributed by atoms with van der Waals surface area (Å²) in [6, 6.07) is 5.63. The van der Waals surface area contributed by atoms with E-state index >= 15 is 0 Å². The molecule has 1 atom stereocenters. The highest BCUT2D eigenvalue weighted by Crippen LogP contribution is 2.41. The van der Waals surface area contributed by atoms with Crippen molar-refractivity contribution in [3.05, 3.63) is 23.8 Å². The third kappa shape index (κ3) is 1.77. The van der Waals surface area contributed by atoms with Gasteiger partial charge in [0.05, 0.1) is 20.1 Å². The lowest BCUT2D eigenvalue weighted by Crippen LogP contribution is -2.08. The number of methoxy groups -OCH3 is 2. The maximum Gasteiger partial charge on any atom is 0.140 e. The highest BCUT2D eigenvalue weighted by Gasteiger charge is 2.30. The molecule has 0 saturated heterocycles. The first-order valence-corrected chi connectivity index (χ1v) is 5.51. The third-order valence-corrected chi connectivity index (χ3v) is 3.12. The first-order valence-electron chi connectivity index (χ1n) is 5.51. The van der Waals surface area contributed by atoms with Gasteiger partial charge in [0.1, 0.15) is 17.3 Å². The molecule has 1 aromatic carbocycles. The minimum absolute atomic E-state index is 0.0499. The van der Waals surface area contributed by atoms with E-state index in [0.29, 0.717) is 12.2 Å². The number of benzene rings is 1. The topological polar surface area (TPSA) is 35.5 Å². The van der Waals surface area contributed by atoms with Gasteiger partial charge >= 0.3 is 0 Å². The van der Waals surface area contributed by atoms with E-state index in [2.05, 4.69) is 0 Å². The molecule has 1 fully saturated rings. The average Bonchev–Trinajstić information content (AvgIpc) is 2.74. The van der Waals surface area contributed by atoms with Gasteiger partial charge in [0.2, 0.25) is 0 Å². The Bertz CT molecular complexity index is 376. The fourth-order valence-corrected chi connectivity index (χ4v) is 2.34. The van der Waals surface area contributed by atoms with Gasteiger partial charge in [-0.3, -0.25) is 4.79 Å². The zero-order valence-electron chi connectivity index (χ0n) is 9.66. The second-order valence-electron chi connectivity index (χ2n) is 3.99. The Kier molecular flexibility index (Phi) is 3.13. The van der Waals surface area contributed by atoms with Gasteiger partial charge in [-0.25, -0.2) is 0 Å². The van der Waals surface area contributed by atoms with Gasteiger partial charge in [-0.15, -0.1) is 0 Å². The smallest absolute Gasteiger partial charge is 0.140 e. The monoisotopic (exact) mass is 220 g/mol. The summed E-state index contributed by atoms with van der Waals surface area (Å²) in [6.45, 7) is 0. The molecule has 0 N–H and O–H groups in total. The van der Waals surface area contributed by atoms with Crippen LogP contribution in [0.2, 0.25) is 0 Å². The van der Waals surface area contributed by atoms with Crippen LogP contribution in [0.4, 0.5) is 0 Å². The Morgan fingerprint density at radius 2 is 1.81 bits per heavy atom. The predicted octanol–water partition coefficient (Wildman–Crippen LogP) is 2.54. The van der Waals surface area contributed by atoms with Crippen molar-refractivity contribution in [2.45, 2.75) is 25.2 Å². The first-order chi connectivity index (χ1) is 7.77. The first kappa shape index (κ1) is 11.0. The Morgan fingerprint density at radius 1 is 1.19 bits per heavy atom. The van der Waals surface area contributed by atoms with Crippen LogP contribution in [-0.4, -0.2) is 20.0 Å². The van der Waals surface area contributed by atoms with Crippen molar-refractivity contribution in [1.82, 2.24) is 0 Å². The normalized spacial score (nSPS) is 19.9. The largest absolute Gasteiger partial charge is 0.496 e. The van der Waals surface area contributed by atoms with E-state index in [1.165, 1.54) is 0 Å². The second kappa shape index (κ2) is 4.56. The highest BCUT2D eigenvalue weighted by molar-refractivity contribution is 5.89. The van der Waals surface area contributed by atoms with Crippen LogP contribution in [-0.2, 0) is 4.79 Å². The van der Waals surface area contributed by atoms with Crippen LogP contribution < -0.4 is 9.47 Å². The van der Waals surface area contributed by atoms with Crippen LogP contribution in [0.1, 0.15) is 30.7 Å². The molecule has 1 saturated carbocycles. The molecule has 0 radical (unpaired) electrons. The van der Waals surface area contributed by atoms with Crippen molar-refractivity contribution in [1.29, 1.82) is 0 Å². The van der Waals surface area contributed by atoms with E-state index in [-0.39, 0.29) is 5.92 Å². The zero-order chi connectivity index (χ0) is 11.5. The van der Waals surface area contributed by atoms with Crippen molar-refractivity contribution >= 4 is 5.78 Å². The maximum absolute atomic E-state index is 11.8. The summed E-state index contributed by atoms with van der Waals surface area (Å²) in [5, 5.41) is 0. The second-order valence-corrected chi connectivity index (χ2v) is 3.99. The number of rotatable bonds is 3. The molecule has 0 amide bonds. The molecule has 0 aromatic heterocycles. The molecule has 1 unspecified atom stereocenters. The van der Waals surface area contributed by atoms with Crippen LogP contribution in [0.5, 0.6) is 11.5 Å². The maximum atomic E-state index is 11.8. The molecular formula is C13H16O3. The van der Waals surface area contributed by atoms with E-state index in [4.69, 9.17) is 9.47 Å². The number of carbonyl (C=O) groups excluding carboxylic acids is 1. The molecular weight excluding hydrogens is 204 g/mol. The molecule has 0 spiro atoms. The van der Waals surface area contributed by atoms with Gasteiger partial charge in [-0.2, -0.15) is 0 Å². The Morgan fingerprint density at radius 3 is 2.25 bits per heavy atom. The molecule has 3 heteroatoms. The van der Waals surface area contributed by atoms with E-state index in [1.807, 2.05) is 18.2 Å². The molecule has 3 nitrogen and oxygen atoms in total. The summed E-state index contributed by atoms with van der Waals surface area (Å²) >= 11 is 0. The number of carbonyl (C=O) groups is 1. The van der Waals surface area contributed by atoms with E-state index in [0.717, 1.165) is 29.9 Å². The fraction of sp³-hybridized carbons (Fsp3) is 0.462. The van der Waals surface area contributed by atoms with Crippen molar-refractivity contribution in [3.63, 3.8) is 0 Å². The van der Waals surface area contributed by atoms with Gasteiger partial charge in [0, 0.05) is 12.0 Å². The Hall–Kier alpha value is -1.51. The standard InChI is InChI=1S/C13H16O3/c1-15-11-7-4-8-12(16-2)13(11)9-5-3-6-10(9)14/h4,7-9H,3,5-6H2,1-2H3. The summed E-state index contributed by atoms with van der Waals surface area (Å²) in [4.78, 5) is 11.8. The van der Waals surface area contributed by atoms with Crippen molar-refractivity contribution in [3.8, 4) is 11.5 Å². The molecule has 0 aliphatic heterocycles. The number of ether oxygens (including phenoxy) is 2. The third-order valence-electron chi connectivity index (χ3n) is 3.12. The molecule has 0 bridgehead atoms. The summed E-state index contributed by atoms with van der Waals surface area (Å²) in [5.74, 6) is 1.74. The predicted molar refractivity (Wildman–Crippen MR) is 61.1 cm³/mol. The minimum atomic E-state index is -0.0499. The number of hydrogen-bond acceptors (Lipinski definition) is 3. The lowest BCUT2D eigenvalue weighted by atomic mass is 9.95. The van der Waals surface area contributed by atoms with E-state index < -0.39 is 0 Å². The highest BCUT2D eigenvalue weighted by atomic mass is 16.5. The van der Waals surface area contributed by atoms with Crippen molar-refractivity contribution in [2.75, 3.05) is 14.2 Å². The summed E-state index contributed by atoms with van der Waals surface area (Å²) in [7, 11) is 3.25. The lowest BCUT2D eigenvalue weighted by Gasteiger charge is -2.16. The van der Waals surface area contributed by atoms with Crippen LogP contribution in [0, 0.1) is 0 Å². The van der Waals surface area contributed by atoms with Crippen LogP contribution in [0.25, 0.3) is 0 Å². The zero-order valence-corrected chi connectivity index (χ0v) is 9.66. The van der Waals surface area contributed by atoms with E-state index in [1.54, 1.807) is 14.2 Å². The molecule has 2 rings (SSSR count). The quantitative estimate of drug-likeness (QED) is 0.785. The number of hydrogen-bond donors (Lipinski definition) is 0. The molecule has 1 aliphatic rings. The van der Waals surface area contributed by atoms with Crippen LogP contribution >= 0.6 is 0 Å². The molecule has 0 heterocycles. The fourth-order valence-electron chi connectivity index (χ4n) is 2.34. The van der Waals surface area contributed by atoms with Crippen molar-refractivity contribution < 1.29 is 14.3 Å². The van der Waals surface area contributed by atoms with Gasteiger partial charge in [0.25, 0.3) is 0 Å². The van der Waals surface area contributed by atoms with E-state index in [9.17, 15) is 4.79 Å². The average molecular weight is 220 g/mol. The Balaban J connectivity index is 2.47. The minimum Gasteiger partial charge on any atom is -0.496 e. The van der Waals surface area contributed by atoms with Gasteiger partial charge < -0.3 is 9.47 Å². The molecule has 86 valence electrons. The van der Waals surface area contributed by atoms with Crippen molar-refractivity contribution in [2.24, 2.45) is 0 Å². The summed E-state index contributed by atoms with van der Waals surface area (Å²) < 4.78 is 10.6. The van der Waals surface area contributed by atoms with Crippen LogP contribution in [0.15, 0.2) is 18.2 Å². The van der Waals surface area contributed by atoms with Gasteiger partial charge in [-0.1, -0.05) is 6.07 Å². The van der Waals surface area contributed by atoms with Gasteiger partial charge in [0.15, 0.2) is 0 Å². The van der Waals surface area contributed by atoms with Gasteiger partial charge in [-0.05, 0) is 25.0 Å². The summed E-state index contributed by atoms with van der Waals surface area (Å²) in [6.07, 6.45) is 2.53. The molecule has 1 aliphatic carbocycles. The SMILES string of the molecule is COc1cccc(OC)c1C1CCCC1=O. The summed E-state index contributed by atoms with van der Waals surface area (Å²) in [5.41, 5.74) is 0.912. The number of Topliss-reactive ketones (excluding diaryl/α,β-unsaturated/α-hetero) is 1. The number of ketones is 1. The molecule has 16 heavy (non-hydrogen) atoms. The molecule has 1 aromatic rings. The van der Waals surface area contributed by atoms with Crippen LogP contribution in [0.3, 0.4) is 0 Å². The Labute approximate surface area is 95.4 Å². The lowest BCUT2D eigenvalue weighted by molar-refractivity contribution is -0.118.